The van der Waals surface area contributed by atoms with Gasteiger partial charge in [-0.25, -0.2) is 0 Å². The van der Waals surface area contributed by atoms with Crippen molar-refractivity contribution >= 4 is 24.6 Å². The van der Waals surface area contributed by atoms with E-state index in [4.69, 9.17) is 43.8 Å². The lowest BCUT2D eigenvalue weighted by Crippen LogP contribution is -2.37. The molecule has 0 fully saturated rings. The van der Waals surface area contributed by atoms with Crippen LogP contribution >= 0.6 is 24.6 Å². The molecule has 2 atom stereocenters. The average molecular weight is 780 g/mol. The number of hydrogen-bond acceptors (Lipinski definition) is 11. The van der Waals surface area contributed by atoms with Crippen LogP contribution < -0.4 is 39.2 Å². The van der Waals surface area contributed by atoms with Gasteiger partial charge in [0.1, 0.15) is 34.5 Å². The number of rotatable bonds is 16. The van der Waals surface area contributed by atoms with Gasteiger partial charge in [0.15, 0.2) is 0 Å². The maximum Gasteiger partial charge on any atom is 0.447 e. The predicted octanol–water partition coefficient (Wildman–Crippen LogP) is 10.3. The van der Waals surface area contributed by atoms with Gasteiger partial charge in [0.2, 0.25) is 0 Å². The van der Waals surface area contributed by atoms with Crippen LogP contribution in [0.3, 0.4) is 0 Å². The fourth-order valence-corrected chi connectivity index (χ4v) is 12.8. The summed E-state index contributed by atoms with van der Waals surface area (Å²) in [5.41, 5.74) is 14.0. The van der Waals surface area contributed by atoms with Gasteiger partial charge >= 0.3 is 24.6 Å². The van der Waals surface area contributed by atoms with Crippen molar-refractivity contribution in [1.82, 2.24) is 9.21 Å². The first kappa shape index (κ1) is 37.4. The van der Waals surface area contributed by atoms with Gasteiger partial charge in [-0.3, -0.25) is 0 Å². The second-order valence-electron chi connectivity index (χ2n) is 11.7. The Kier molecular flexibility index (Phi) is 12.7. The summed E-state index contributed by atoms with van der Waals surface area (Å²) in [7, 11) is -8.21. The van der Waals surface area contributed by atoms with Gasteiger partial charge < -0.3 is 39.2 Å². The van der Waals surface area contributed by atoms with E-state index in [1.54, 1.807) is 9.21 Å². The second-order valence-corrected chi connectivity index (χ2v) is 17.2. The molecule has 6 aromatic carbocycles. The van der Waals surface area contributed by atoms with Crippen molar-refractivity contribution in [1.29, 1.82) is 0 Å². The van der Waals surface area contributed by atoms with E-state index in [1.165, 1.54) is 0 Å². The quantitative estimate of drug-likeness (QED) is 0.0917. The summed E-state index contributed by atoms with van der Waals surface area (Å²) in [5, 5.41) is 0. The smallest absolute Gasteiger partial charge is 0.440 e. The average Bonchev–Trinajstić information content (AvgIpc) is 3.21. The Morgan fingerprint density at radius 1 is 0.481 bits per heavy atom. The van der Waals surface area contributed by atoms with Crippen molar-refractivity contribution in [3.63, 3.8) is 0 Å². The lowest BCUT2D eigenvalue weighted by atomic mass is 10.1. The van der Waals surface area contributed by atoms with Crippen LogP contribution in [-0.2, 0) is 12.8 Å². The van der Waals surface area contributed by atoms with E-state index in [2.05, 4.69) is 0 Å². The topological polar surface area (TPSA) is 126 Å². The number of benzene rings is 6. The van der Waals surface area contributed by atoms with Gasteiger partial charge in [0.05, 0.1) is 0 Å². The molecular formula is C40H40N5O6P3. The molecule has 2 unspecified atom stereocenters. The minimum Gasteiger partial charge on any atom is -0.440 e. The van der Waals surface area contributed by atoms with E-state index in [9.17, 15) is 0 Å². The predicted molar refractivity (Wildman–Crippen MR) is 215 cm³/mol. The molecule has 0 radical (unpaired) electrons. The summed E-state index contributed by atoms with van der Waals surface area (Å²) >= 11 is 0. The van der Waals surface area contributed by atoms with Gasteiger partial charge in [-0.15, -0.1) is 4.52 Å². The molecule has 276 valence electrons. The third kappa shape index (κ3) is 9.22. The van der Waals surface area contributed by atoms with E-state index in [0.29, 0.717) is 60.4 Å². The highest BCUT2D eigenvalue weighted by Crippen LogP contribution is 2.78. The molecule has 54 heavy (non-hydrogen) atoms. The zero-order valence-electron chi connectivity index (χ0n) is 29.3. The molecule has 1 heterocycles. The number of nitrogens with zero attached hydrogens (tertiary/aromatic N) is 3. The van der Waals surface area contributed by atoms with Gasteiger partial charge in [0, 0.05) is 9.21 Å². The maximum atomic E-state index is 7.21. The first-order chi connectivity index (χ1) is 26.6. The first-order valence-corrected chi connectivity index (χ1v) is 21.2. The van der Waals surface area contributed by atoms with Gasteiger partial charge in [-0.05, 0) is 97.7 Å². The lowest BCUT2D eigenvalue weighted by molar-refractivity contribution is 0.0545. The third-order valence-corrected chi connectivity index (χ3v) is 14.6. The fourth-order valence-electron chi connectivity index (χ4n) is 5.27. The Labute approximate surface area is 318 Å². The summed E-state index contributed by atoms with van der Waals surface area (Å²) in [4.78, 5) is 13.6. The Morgan fingerprint density at radius 2 is 0.889 bits per heavy atom. The molecule has 0 amide bonds. The first-order valence-electron chi connectivity index (χ1n) is 17.3. The van der Waals surface area contributed by atoms with Crippen LogP contribution in [-0.4, -0.2) is 22.3 Å². The van der Waals surface area contributed by atoms with Crippen LogP contribution in [0.2, 0.25) is 0 Å². The van der Waals surface area contributed by atoms with Crippen molar-refractivity contribution < 1.29 is 27.8 Å². The zero-order valence-corrected chi connectivity index (χ0v) is 32.0. The molecule has 7 rings (SSSR count). The highest BCUT2D eigenvalue weighted by Gasteiger charge is 2.58. The van der Waals surface area contributed by atoms with Crippen molar-refractivity contribution in [2.45, 2.75) is 12.8 Å². The second kappa shape index (κ2) is 18.4. The molecule has 0 bridgehead atoms. The molecule has 0 saturated heterocycles. The minimum atomic E-state index is -3.90. The zero-order chi connectivity index (χ0) is 37.0. The van der Waals surface area contributed by atoms with Crippen LogP contribution in [0.1, 0.15) is 11.1 Å². The number of nitrogens with two attached hydrogens (primary N) is 2. The molecule has 0 spiro atoms. The molecule has 4 N–H and O–H groups in total. The summed E-state index contributed by atoms with van der Waals surface area (Å²) in [6.07, 6.45) is 1.10. The van der Waals surface area contributed by atoms with E-state index >= 15 is 0 Å². The summed E-state index contributed by atoms with van der Waals surface area (Å²) in [5.74, 6) is 3.20. The van der Waals surface area contributed by atoms with Crippen LogP contribution in [0.15, 0.2) is 174 Å². The SMILES string of the molecule is NCCc1ccccc1OP1(Oc2ccccc2CCN)=NP(Oc2ccccc2)N(Oc2ccccc2)P(Oc2ccccc2)N1Oc1ccccc1. The van der Waals surface area contributed by atoms with E-state index in [1.807, 2.05) is 170 Å². The lowest BCUT2D eigenvalue weighted by Gasteiger charge is -2.44. The van der Waals surface area contributed by atoms with Crippen LogP contribution in [0.4, 0.5) is 0 Å². The minimum absolute atomic E-state index is 0.403. The Balaban J connectivity index is 1.51. The van der Waals surface area contributed by atoms with E-state index in [-0.39, 0.29) is 0 Å². The molecule has 14 heteroatoms. The van der Waals surface area contributed by atoms with Gasteiger partial charge in [-0.1, -0.05) is 109 Å². The van der Waals surface area contributed by atoms with Crippen molar-refractivity contribution in [3.8, 4) is 34.5 Å². The monoisotopic (exact) mass is 779 g/mol. The van der Waals surface area contributed by atoms with Crippen LogP contribution in [0, 0.1) is 0 Å². The highest BCUT2D eigenvalue weighted by molar-refractivity contribution is 7.78. The van der Waals surface area contributed by atoms with Crippen LogP contribution in [0.5, 0.6) is 34.5 Å². The van der Waals surface area contributed by atoms with E-state index in [0.717, 1.165) is 11.1 Å². The summed E-state index contributed by atoms with van der Waals surface area (Å²) in [6.45, 7) is 0.805. The maximum absolute atomic E-state index is 7.21. The molecule has 0 saturated carbocycles. The Morgan fingerprint density at radius 3 is 1.37 bits per heavy atom. The molecule has 0 aromatic heterocycles. The molecule has 1 aliphatic rings. The van der Waals surface area contributed by atoms with Crippen molar-refractivity contribution in [3.05, 3.63) is 181 Å². The molecule has 11 nitrogen and oxygen atoms in total. The molecule has 0 aliphatic carbocycles. The fraction of sp³-hybridized carbons (Fsp3) is 0.100. The Bertz CT molecular complexity index is 2070. The highest BCUT2D eigenvalue weighted by atomic mass is 31.3. The van der Waals surface area contributed by atoms with Gasteiger partial charge in [-0.2, -0.15) is 0 Å². The summed E-state index contributed by atoms with van der Waals surface area (Å²) < 4.78 is 36.8. The largest absolute Gasteiger partial charge is 0.447 e. The molecule has 1 aliphatic heterocycles. The summed E-state index contributed by atoms with van der Waals surface area (Å²) in [6, 6.07) is 53.1. The standard InChI is InChI=1S/C40H40N5O6P3/c41-31-29-33-17-13-15-27-39(33)50-54(51-40-28-16-14-18-34(40)30-32-42)43-52(48-37-23-9-3-10-24-37)44(46-35-19-5-1-6-20-35)53(49-38-25-11-4-12-26-38)45(54)47-36-21-7-2-8-22-36/h1-28H,29-32,41-42H2. The number of para-hydroxylation sites is 6. The number of hydrogen-bond donors (Lipinski definition) is 2. The molecule has 6 aromatic rings. The Hall–Kier alpha value is -4.95. The van der Waals surface area contributed by atoms with Crippen molar-refractivity contribution in [2.75, 3.05) is 13.1 Å². The van der Waals surface area contributed by atoms with Crippen molar-refractivity contribution in [2.24, 2.45) is 16.0 Å². The van der Waals surface area contributed by atoms with E-state index < -0.39 is 24.6 Å². The third-order valence-electron chi connectivity index (χ3n) is 7.77. The van der Waals surface area contributed by atoms with Crippen LogP contribution in [0.25, 0.3) is 0 Å². The van der Waals surface area contributed by atoms with Gasteiger partial charge in [0.25, 0.3) is 0 Å². The normalized spacial score (nSPS) is 16.8. The molecular weight excluding hydrogens is 739 g/mol.